The number of nitrogens with two attached hydrogens (primary N) is 1. The Hall–Kier alpha value is -1.69. The van der Waals surface area contributed by atoms with E-state index in [1.54, 1.807) is 0 Å². The minimum absolute atomic E-state index is 0.0699. The standard InChI is InChI=1S/C4H2N3O5P/c5-6-3-1-2(8)7(4(6)9)12-13(10-1)11-3/h5H2. The average Bonchev–Trinajstić information content (AvgIpc) is 2.43. The van der Waals surface area contributed by atoms with Gasteiger partial charge < -0.3 is 19.5 Å². The van der Waals surface area contributed by atoms with Crippen LogP contribution < -0.4 is 30.8 Å². The van der Waals surface area contributed by atoms with Gasteiger partial charge in [-0.25, -0.2) is 4.79 Å². The van der Waals surface area contributed by atoms with Gasteiger partial charge in [0.05, 0.1) is 0 Å². The molecule has 0 saturated heterocycles. The van der Waals surface area contributed by atoms with E-state index in [-0.39, 0.29) is 11.6 Å². The molecule has 2 aliphatic rings. The van der Waals surface area contributed by atoms with Crippen LogP contribution in [0.25, 0.3) is 0 Å². The molecule has 1 unspecified atom stereocenters. The van der Waals surface area contributed by atoms with Crippen molar-refractivity contribution < 1.29 is 13.7 Å². The second-order valence-electron chi connectivity index (χ2n) is 2.37. The highest BCUT2D eigenvalue weighted by atomic mass is 31.2. The van der Waals surface area contributed by atoms with Crippen LogP contribution in [-0.2, 0) is 0 Å². The molecule has 0 amide bonds. The van der Waals surface area contributed by atoms with Gasteiger partial charge in [0.2, 0.25) is 0 Å². The molecule has 2 N–H and O–H groups in total. The molecule has 13 heavy (non-hydrogen) atoms. The van der Waals surface area contributed by atoms with Gasteiger partial charge in [-0.1, -0.05) is 4.73 Å². The Morgan fingerprint density at radius 1 is 1.31 bits per heavy atom. The lowest BCUT2D eigenvalue weighted by Crippen LogP contribution is -2.45. The van der Waals surface area contributed by atoms with Crippen LogP contribution in [0.5, 0.6) is 11.6 Å². The van der Waals surface area contributed by atoms with Crippen molar-refractivity contribution in [1.82, 2.24) is 9.41 Å². The lowest BCUT2D eigenvalue weighted by atomic mass is 10.5. The normalized spacial score (nSPS) is 20.8. The van der Waals surface area contributed by atoms with E-state index in [9.17, 15) is 9.59 Å². The molecular weight excluding hydrogens is 201 g/mol. The van der Waals surface area contributed by atoms with E-state index in [1.165, 1.54) is 0 Å². The van der Waals surface area contributed by atoms with E-state index in [0.29, 0.717) is 9.41 Å². The van der Waals surface area contributed by atoms with Crippen LogP contribution in [0.3, 0.4) is 0 Å². The van der Waals surface area contributed by atoms with Gasteiger partial charge >= 0.3 is 19.9 Å². The van der Waals surface area contributed by atoms with Crippen molar-refractivity contribution in [1.29, 1.82) is 0 Å². The molecule has 9 heteroatoms. The maximum absolute atomic E-state index is 11.2. The number of nitrogens with zero attached hydrogens (tertiary/aromatic N) is 2. The number of hydrogen-bond donors (Lipinski definition) is 1. The van der Waals surface area contributed by atoms with Crippen LogP contribution in [0, 0.1) is 0 Å². The number of fused-ring (bicyclic) bond motifs is 2. The molecule has 0 aromatic carbocycles. The van der Waals surface area contributed by atoms with Gasteiger partial charge in [-0.3, -0.25) is 4.79 Å². The van der Waals surface area contributed by atoms with E-state index in [0.717, 1.165) is 0 Å². The largest absolute Gasteiger partial charge is 0.553 e. The van der Waals surface area contributed by atoms with Crippen molar-refractivity contribution in [2.24, 2.45) is 0 Å². The van der Waals surface area contributed by atoms with Crippen LogP contribution in [0.1, 0.15) is 0 Å². The molecule has 3 rings (SSSR count). The van der Waals surface area contributed by atoms with Crippen LogP contribution >= 0.6 is 8.60 Å². The summed E-state index contributed by atoms with van der Waals surface area (Å²) >= 11 is 0. The molecule has 0 radical (unpaired) electrons. The first-order valence-corrected chi connectivity index (χ1v) is 4.29. The Kier molecular flexibility index (Phi) is 0.937. The first kappa shape index (κ1) is 6.79. The lowest BCUT2D eigenvalue weighted by molar-refractivity contribution is 0.213. The van der Waals surface area contributed by atoms with Gasteiger partial charge in [-0.05, 0) is 0 Å². The highest BCUT2D eigenvalue weighted by Crippen LogP contribution is 2.49. The van der Waals surface area contributed by atoms with Gasteiger partial charge in [0.1, 0.15) is 0 Å². The molecule has 3 heterocycles. The second kappa shape index (κ2) is 1.80. The van der Waals surface area contributed by atoms with Gasteiger partial charge in [-0.15, -0.1) is 0 Å². The zero-order valence-electron chi connectivity index (χ0n) is 5.96. The number of aromatic nitrogens is 2. The topological polar surface area (TPSA) is 97.7 Å². The molecule has 3 bridgehead atoms. The molecule has 0 fully saturated rings. The molecule has 0 saturated carbocycles. The molecule has 0 aliphatic carbocycles. The van der Waals surface area contributed by atoms with Crippen LogP contribution in [-0.4, -0.2) is 9.41 Å². The van der Waals surface area contributed by atoms with Crippen LogP contribution in [0.4, 0.5) is 0 Å². The summed E-state index contributed by atoms with van der Waals surface area (Å²) in [6, 6.07) is 0. The Morgan fingerprint density at radius 3 is 2.85 bits per heavy atom. The summed E-state index contributed by atoms with van der Waals surface area (Å²) in [5.41, 5.74) is -1.46. The molecular formula is C4H2N3O5P. The third-order valence-corrected chi connectivity index (χ3v) is 2.60. The Labute approximate surface area is 71.0 Å². The molecule has 2 aliphatic heterocycles. The number of hydrogen-bond acceptors (Lipinski definition) is 6. The van der Waals surface area contributed by atoms with Gasteiger partial charge in [0.15, 0.2) is 0 Å². The minimum atomic E-state index is -1.70. The third-order valence-electron chi connectivity index (χ3n) is 1.65. The fourth-order valence-corrected chi connectivity index (χ4v) is 2.06. The van der Waals surface area contributed by atoms with E-state index in [1.807, 2.05) is 0 Å². The maximum Gasteiger partial charge on any atom is 0.553 e. The number of nitrogen functional groups attached to an aromatic ring is 1. The summed E-state index contributed by atoms with van der Waals surface area (Å²) in [5.74, 6) is 5.16. The van der Waals surface area contributed by atoms with Crippen LogP contribution in [0.2, 0.25) is 0 Å². The first-order valence-electron chi connectivity index (χ1n) is 3.20. The predicted molar refractivity (Wildman–Crippen MR) is 39.9 cm³/mol. The second-order valence-corrected chi connectivity index (χ2v) is 3.35. The van der Waals surface area contributed by atoms with E-state index in [2.05, 4.69) is 0 Å². The Balaban J connectivity index is 2.60. The first-order chi connectivity index (χ1) is 6.18. The van der Waals surface area contributed by atoms with Crippen molar-refractivity contribution >= 4 is 8.60 Å². The molecule has 8 nitrogen and oxygen atoms in total. The van der Waals surface area contributed by atoms with Crippen molar-refractivity contribution in [3.05, 3.63) is 20.8 Å². The zero-order chi connectivity index (χ0) is 9.16. The minimum Gasteiger partial charge on any atom is -0.395 e. The SMILES string of the molecule is Nn1c2c3c(=O)n(c1=O)OP(O3)O2. The van der Waals surface area contributed by atoms with E-state index in [4.69, 9.17) is 19.5 Å². The quantitative estimate of drug-likeness (QED) is 0.393. The smallest absolute Gasteiger partial charge is 0.395 e. The highest BCUT2D eigenvalue weighted by Gasteiger charge is 2.43. The maximum atomic E-state index is 11.2. The van der Waals surface area contributed by atoms with Crippen LogP contribution in [0.15, 0.2) is 9.59 Å². The summed E-state index contributed by atoms with van der Waals surface area (Å²) < 4.78 is 15.8. The molecule has 0 spiro atoms. The average molecular weight is 203 g/mol. The lowest BCUT2D eigenvalue weighted by Gasteiger charge is -2.10. The monoisotopic (exact) mass is 203 g/mol. The van der Waals surface area contributed by atoms with Crippen molar-refractivity contribution in [3.8, 4) is 11.6 Å². The van der Waals surface area contributed by atoms with Crippen molar-refractivity contribution in [2.75, 3.05) is 5.84 Å². The summed E-state index contributed by atoms with van der Waals surface area (Å²) in [6.45, 7) is 0. The summed E-state index contributed by atoms with van der Waals surface area (Å²) in [7, 11) is -1.70. The Bertz CT molecular complexity index is 506. The fourth-order valence-electron chi connectivity index (χ4n) is 1.06. The fraction of sp³-hybridized carbons (Fsp3) is 0. The summed E-state index contributed by atoms with van der Waals surface area (Å²) in [4.78, 5) is 22.5. The Morgan fingerprint density at radius 2 is 2.08 bits per heavy atom. The van der Waals surface area contributed by atoms with E-state index >= 15 is 0 Å². The van der Waals surface area contributed by atoms with Crippen molar-refractivity contribution in [2.45, 2.75) is 0 Å². The highest BCUT2D eigenvalue weighted by molar-refractivity contribution is 7.43. The molecule has 68 valence electrons. The molecule has 1 atom stereocenters. The third kappa shape index (κ3) is 0.605. The zero-order valence-corrected chi connectivity index (χ0v) is 6.85. The van der Waals surface area contributed by atoms with Gasteiger partial charge in [-0.2, -0.15) is 4.68 Å². The van der Waals surface area contributed by atoms with Crippen molar-refractivity contribution in [3.63, 3.8) is 0 Å². The predicted octanol–water partition coefficient (Wildman–Crippen LogP) is -1.84. The number of rotatable bonds is 0. The summed E-state index contributed by atoms with van der Waals surface area (Å²) in [6.07, 6.45) is 0. The van der Waals surface area contributed by atoms with Gasteiger partial charge in [0.25, 0.3) is 11.6 Å². The summed E-state index contributed by atoms with van der Waals surface area (Å²) in [5, 5.41) is 0. The van der Waals surface area contributed by atoms with Gasteiger partial charge in [0, 0.05) is 0 Å². The van der Waals surface area contributed by atoms with E-state index < -0.39 is 19.9 Å². The molecule has 1 aromatic heterocycles. The molecule has 1 aromatic rings.